The molecule has 0 saturated heterocycles. The molecule has 0 amide bonds. The fraction of sp³-hybridized carbons (Fsp3) is 0.385. The summed E-state index contributed by atoms with van der Waals surface area (Å²) in [5.74, 6) is 5.36. The van der Waals surface area contributed by atoms with E-state index >= 15 is 0 Å². The minimum atomic E-state index is -0.367. The number of halogens is 1. The summed E-state index contributed by atoms with van der Waals surface area (Å²) in [6.07, 6.45) is 4.60. The van der Waals surface area contributed by atoms with E-state index in [1.165, 1.54) is 13.2 Å². The molecule has 3 N–H and O–H groups in total. The highest BCUT2D eigenvalue weighted by atomic mass is 19.1. The minimum Gasteiger partial charge on any atom is -0.494 e. The molecule has 4 heteroatoms. The predicted molar refractivity (Wildman–Crippen MR) is 67.1 cm³/mol. The molecule has 0 aliphatic rings. The highest BCUT2D eigenvalue weighted by Crippen LogP contribution is 2.24. The molecule has 17 heavy (non-hydrogen) atoms. The maximum Gasteiger partial charge on any atom is 0.165 e. The van der Waals surface area contributed by atoms with E-state index < -0.39 is 0 Å². The summed E-state index contributed by atoms with van der Waals surface area (Å²) in [4.78, 5) is 0. The number of nitrogens with one attached hydrogen (secondary N) is 1. The van der Waals surface area contributed by atoms with Crippen LogP contribution in [0.4, 0.5) is 4.39 Å². The quantitative estimate of drug-likeness (QED) is 0.332. The van der Waals surface area contributed by atoms with Gasteiger partial charge in [-0.15, -0.1) is 6.58 Å². The van der Waals surface area contributed by atoms with E-state index in [-0.39, 0.29) is 17.6 Å². The Kier molecular flexibility index (Phi) is 5.66. The van der Waals surface area contributed by atoms with Crippen LogP contribution in [0.2, 0.25) is 0 Å². The van der Waals surface area contributed by atoms with Gasteiger partial charge in [0.25, 0.3) is 0 Å². The van der Waals surface area contributed by atoms with E-state index in [9.17, 15) is 4.39 Å². The summed E-state index contributed by atoms with van der Waals surface area (Å²) in [7, 11) is 1.45. The first-order valence-electron chi connectivity index (χ1n) is 5.63. The molecule has 0 spiro atoms. The van der Waals surface area contributed by atoms with Gasteiger partial charge in [-0.2, -0.15) is 0 Å². The van der Waals surface area contributed by atoms with Crippen LogP contribution in [0.5, 0.6) is 5.75 Å². The van der Waals surface area contributed by atoms with Gasteiger partial charge in [0.15, 0.2) is 11.6 Å². The molecular weight excluding hydrogens is 219 g/mol. The van der Waals surface area contributed by atoms with Crippen molar-refractivity contribution in [2.24, 2.45) is 5.84 Å². The second-order valence-electron chi connectivity index (χ2n) is 3.83. The highest BCUT2D eigenvalue weighted by Gasteiger charge is 2.12. The SMILES string of the molecule is C=CCCCC(NN)c1ccc(OC)c(F)c1. The third kappa shape index (κ3) is 3.84. The van der Waals surface area contributed by atoms with Crippen molar-refractivity contribution in [1.82, 2.24) is 5.43 Å². The minimum absolute atomic E-state index is 0.0460. The van der Waals surface area contributed by atoms with Crippen molar-refractivity contribution in [2.75, 3.05) is 7.11 Å². The van der Waals surface area contributed by atoms with E-state index in [0.29, 0.717) is 0 Å². The number of rotatable bonds is 7. The molecule has 0 saturated carbocycles. The van der Waals surface area contributed by atoms with Crippen LogP contribution >= 0.6 is 0 Å². The molecule has 1 aromatic carbocycles. The Labute approximate surface area is 101 Å². The van der Waals surface area contributed by atoms with Crippen LogP contribution in [0.25, 0.3) is 0 Å². The third-order valence-electron chi connectivity index (χ3n) is 2.68. The monoisotopic (exact) mass is 238 g/mol. The molecule has 0 fully saturated rings. The van der Waals surface area contributed by atoms with Crippen LogP contribution in [0, 0.1) is 5.82 Å². The van der Waals surface area contributed by atoms with Crippen LogP contribution in [0.3, 0.4) is 0 Å². The van der Waals surface area contributed by atoms with Gasteiger partial charge >= 0.3 is 0 Å². The largest absolute Gasteiger partial charge is 0.494 e. The summed E-state index contributed by atoms with van der Waals surface area (Å²) in [5, 5.41) is 0. The molecule has 0 aliphatic carbocycles. The lowest BCUT2D eigenvalue weighted by molar-refractivity contribution is 0.385. The molecule has 0 radical (unpaired) electrons. The lowest BCUT2D eigenvalue weighted by Gasteiger charge is -2.16. The van der Waals surface area contributed by atoms with Gasteiger partial charge in [-0.05, 0) is 37.0 Å². The molecule has 0 bridgehead atoms. The Morgan fingerprint density at radius 3 is 2.88 bits per heavy atom. The van der Waals surface area contributed by atoms with E-state index in [0.717, 1.165) is 24.8 Å². The van der Waals surface area contributed by atoms with Crippen LogP contribution < -0.4 is 16.0 Å². The van der Waals surface area contributed by atoms with E-state index in [2.05, 4.69) is 12.0 Å². The lowest BCUT2D eigenvalue weighted by Crippen LogP contribution is -2.28. The molecule has 0 heterocycles. The zero-order valence-corrected chi connectivity index (χ0v) is 10.1. The van der Waals surface area contributed by atoms with Gasteiger partial charge in [-0.25, -0.2) is 4.39 Å². The van der Waals surface area contributed by atoms with Crippen LogP contribution in [0.1, 0.15) is 30.9 Å². The van der Waals surface area contributed by atoms with Crippen molar-refractivity contribution >= 4 is 0 Å². The molecule has 0 aliphatic heterocycles. The molecule has 1 atom stereocenters. The van der Waals surface area contributed by atoms with Gasteiger partial charge in [-0.3, -0.25) is 11.3 Å². The number of hydrogen-bond donors (Lipinski definition) is 2. The molecule has 1 unspecified atom stereocenters. The number of benzene rings is 1. The Morgan fingerprint density at radius 1 is 1.59 bits per heavy atom. The second kappa shape index (κ2) is 7.04. The number of ether oxygens (including phenoxy) is 1. The molecule has 94 valence electrons. The second-order valence-corrected chi connectivity index (χ2v) is 3.83. The molecule has 1 aromatic rings. The predicted octanol–water partition coefficient (Wildman–Crippen LogP) is 2.70. The van der Waals surface area contributed by atoms with Crippen LogP contribution in [-0.2, 0) is 0 Å². The standard InChI is InChI=1S/C13H19FN2O/c1-3-4-5-6-12(16-15)10-7-8-13(17-2)11(14)9-10/h3,7-9,12,16H,1,4-6,15H2,2H3. The van der Waals surface area contributed by atoms with Crippen molar-refractivity contribution in [3.63, 3.8) is 0 Å². The Morgan fingerprint density at radius 2 is 2.35 bits per heavy atom. The summed E-state index contributed by atoms with van der Waals surface area (Å²) in [5.41, 5.74) is 3.53. The first kappa shape index (κ1) is 13.7. The first-order valence-corrected chi connectivity index (χ1v) is 5.63. The van der Waals surface area contributed by atoms with Crippen molar-refractivity contribution in [1.29, 1.82) is 0 Å². The van der Waals surface area contributed by atoms with Crippen molar-refractivity contribution in [3.05, 3.63) is 42.2 Å². The summed E-state index contributed by atoms with van der Waals surface area (Å²) in [6, 6.07) is 4.84. The summed E-state index contributed by atoms with van der Waals surface area (Å²) in [6.45, 7) is 3.66. The molecule has 1 rings (SSSR count). The number of allylic oxidation sites excluding steroid dienone is 1. The maximum absolute atomic E-state index is 13.5. The van der Waals surface area contributed by atoms with Crippen molar-refractivity contribution in [2.45, 2.75) is 25.3 Å². The maximum atomic E-state index is 13.5. The number of unbranched alkanes of at least 4 members (excludes halogenated alkanes) is 1. The number of hydrazine groups is 1. The van der Waals surface area contributed by atoms with E-state index in [1.54, 1.807) is 6.07 Å². The normalized spacial score (nSPS) is 12.2. The molecular formula is C13H19FN2O. The zero-order chi connectivity index (χ0) is 12.7. The van der Waals surface area contributed by atoms with Gasteiger partial charge in [0.1, 0.15) is 0 Å². The van der Waals surface area contributed by atoms with Gasteiger partial charge in [0, 0.05) is 6.04 Å². The van der Waals surface area contributed by atoms with Crippen molar-refractivity contribution < 1.29 is 9.13 Å². The number of hydrogen-bond acceptors (Lipinski definition) is 3. The van der Waals surface area contributed by atoms with Crippen molar-refractivity contribution in [3.8, 4) is 5.75 Å². The van der Waals surface area contributed by atoms with Gasteiger partial charge in [-0.1, -0.05) is 12.1 Å². The highest BCUT2D eigenvalue weighted by molar-refractivity contribution is 5.30. The van der Waals surface area contributed by atoms with Gasteiger partial charge in [0.05, 0.1) is 7.11 Å². The first-order chi connectivity index (χ1) is 8.22. The summed E-state index contributed by atoms with van der Waals surface area (Å²) >= 11 is 0. The lowest BCUT2D eigenvalue weighted by atomic mass is 10.0. The fourth-order valence-corrected chi connectivity index (χ4v) is 1.71. The molecule has 3 nitrogen and oxygen atoms in total. The van der Waals surface area contributed by atoms with Crippen LogP contribution in [-0.4, -0.2) is 7.11 Å². The zero-order valence-electron chi connectivity index (χ0n) is 10.1. The Hall–Kier alpha value is -1.39. The Bertz CT molecular complexity index is 368. The summed E-state index contributed by atoms with van der Waals surface area (Å²) < 4.78 is 18.4. The van der Waals surface area contributed by atoms with Gasteiger partial charge < -0.3 is 4.74 Å². The fourth-order valence-electron chi connectivity index (χ4n) is 1.71. The average Bonchev–Trinajstić information content (AvgIpc) is 2.35. The molecule has 0 aromatic heterocycles. The van der Waals surface area contributed by atoms with E-state index in [1.807, 2.05) is 12.1 Å². The third-order valence-corrected chi connectivity index (χ3v) is 2.68. The average molecular weight is 238 g/mol. The van der Waals surface area contributed by atoms with Crippen LogP contribution in [0.15, 0.2) is 30.9 Å². The van der Waals surface area contributed by atoms with Gasteiger partial charge in [0.2, 0.25) is 0 Å². The number of nitrogens with two attached hydrogens (primary N) is 1. The smallest absolute Gasteiger partial charge is 0.165 e. The number of methoxy groups -OCH3 is 1. The Balaban J connectivity index is 2.74. The van der Waals surface area contributed by atoms with E-state index in [4.69, 9.17) is 10.6 Å². The topological polar surface area (TPSA) is 47.3 Å².